The van der Waals surface area contributed by atoms with Crippen LogP contribution in [0.3, 0.4) is 0 Å². The van der Waals surface area contributed by atoms with Gasteiger partial charge in [0, 0.05) is 25.1 Å². The lowest BCUT2D eigenvalue weighted by molar-refractivity contribution is -0.137. The molecule has 0 unspecified atom stereocenters. The number of nitrogens with one attached hydrogen (secondary N) is 1. The fourth-order valence-electron chi connectivity index (χ4n) is 3.95. The molecule has 2 aliphatic rings. The maximum Gasteiger partial charge on any atom is 0.417 e. The van der Waals surface area contributed by atoms with Gasteiger partial charge in [0.15, 0.2) is 11.6 Å². The molecule has 2 aromatic heterocycles. The van der Waals surface area contributed by atoms with Gasteiger partial charge in [-0.15, -0.1) is 0 Å². The van der Waals surface area contributed by atoms with E-state index in [1.165, 1.54) is 6.07 Å². The Bertz CT molecular complexity index is 998. The highest BCUT2D eigenvalue weighted by molar-refractivity contribution is 5.90. The molecule has 0 saturated heterocycles. The Morgan fingerprint density at radius 2 is 1.97 bits per heavy atom. The summed E-state index contributed by atoms with van der Waals surface area (Å²) in [5.74, 6) is 1.87. The van der Waals surface area contributed by atoms with E-state index in [1.807, 2.05) is 25.7 Å². The van der Waals surface area contributed by atoms with Crippen LogP contribution in [0, 0.1) is 18.3 Å². The Morgan fingerprint density at radius 1 is 1.23 bits per heavy atom. The van der Waals surface area contributed by atoms with E-state index >= 15 is 0 Å². The van der Waals surface area contributed by atoms with Crippen molar-refractivity contribution >= 4 is 17.5 Å². The molecule has 0 aromatic carbocycles. The van der Waals surface area contributed by atoms with Crippen LogP contribution >= 0.6 is 0 Å². The van der Waals surface area contributed by atoms with Gasteiger partial charge in [-0.1, -0.05) is 20.8 Å². The van der Waals surface area contributed by atoms with Crippen molar-refractivity contribution in [1.29, 1.82) is 0 Å². The fraction of sp³-hybridized carbons (Fsp3) is 0.545. The summed E-state index contributed by atoms with van der Waals surface area (Å²) in [6, 6.07) is 2.46. The number of alkyl halides is 3. The molecule has 4 rings (SSSR count). The molecule has 6 nitrogen and oxygen atoms in total. The van der Waals surface area contributed by atoms with Crippen molar-refractivity contribution in [1.82, 2.24) is 15.0 Å². The van der Waals surface area contributed by atoms with Crippen LogP contribution < -0.4 is 10.2 Å². The van der Waals surface area contributed by atoms with Crippen molar-refractivity contribution < 1.29 is 18.0 Å². The first-order valence-electron chi connectivity index (χ1n) is 10.4. The van der Waals surface area contributed by atoms with E-state index in [0.717, 1.165) is 36.7 Å². The minimum atomic E-state index is -4.40. The molecule has 0 bridgehead atoms. The number of hydrogen-bond donors (Lipinski definition) is 1. The molecule has 2 aromatic rings. The number of aromatic nitrogens is 3. The lowest BCUT2D eigenvalue weighted by Crippen LogP contribution is -2.32. The number of halogens is 3. The molecule has 0 radical (unpaired) electrons. The average Bonchev–Trinajstić information content (AvgIpc) is 3.40. The summed E-state index contributed by atoms with van der Waals surface area (Å²) < 4.78 is 38.4. The molecular formula is C22H26F3N5O. The highest BCUT2D eigenvalue weighted by Crippen LogP contribution is 2.53. The van der Waals surface area contributed by atoms with Crippen molar-refractivity contribution in [2.24, 2.45) is 11.3 Å². The van der Waals surface area contributed by atoms with Gasteiger partial charge in [0.25, 0.3) is 0 Å². The summed E-state index contributed by atoms with van der Waals surface area (Å²) in [7, 11) is 0. The number of fused-ring (bicyclic) bond motifs is 3. The molecule has 1 aliphatic heterocycles. The average molecular weight is 433 g/mol. The third kappa shape index (κ3) is 4.80. The van der Waals surface area contributed by atoms with Gasteiger partial charge < -0.3 is 10.2 Å². The molecule has 0 spiro atoms. The Balaban J connectivity index is 1.55. The standard InChI is InChI=1S/C22H26F3N5O/c1-12-19(28-17(31)8-21(2,3)4)29-18-16-7-13(16)10-30(20(18)27-12)11-15-6-5-14(9-26-15)22(23,24)25/h5-6,9,13,16H,7-8,10-11H2,1-4H3,(H,28,29,31)/t13-,16-/m1/s1. The van der Waals surface area contributed by atoms with Gasteiger partial charge in [0.2, 0.25) is 5.91 Å². The third-order valence-electron chi connectivity index (χ3n) is 5.56. The number of rotatable bonds is 4. The van der Waals surface area contributed by atoms with Gasteiger partial charge in [-0.25, -0.2) is 9.97 Å². The number of nitrogens with zero attached hydrogens (tertiary/aromatic N) is 4. The highest BCUT2D eigenvalue weighted by Gasteiger charge is 2.47. The number of pyridine rings is 1. The Labute approximate surface area is 179 Å². The van der Waals surface area contributed by atoms with Crippen LogP contribution in [-0.2, 0) is 17.5 Å². The van der Waals surface area contributed by atoms with Crippen LogP contribution in [0.2, 0.25) is 0 Å². The molecule has 1 N–H and O–H groups in total. The molecule has 3 heterocycles. The second-order valence-electron chi connectivity index (χ2n) is 9.67. The second kappa shape index (κ2) is 7.46. The summed E-state index contributed by atoms with van der Waals surface area (Å²) in [6.45, 7) is 8.93. The van der Waals surface area contributed by atoms with Crippen LogP contribution in [0.25, 0.3) is 0 Å². The molecule has 2 atom stereocenters. The van der Waals surface area contributed by atoms with Gasteiger partial charge in [-0.3, -0.25) is 9.78 Å². The van der Waals surface area contributed by atoms with E-state index < -0.39 is 11.7 Å². The van der Waals surface area contributed by atoms with Crippen molar-refractivity contribution in [3.8, 4) is 0 Å². The lowest BCUT2D eigenvalue weighted by atomic mass is 9.92. The van der Waals surface area contributed by atoms with Crippen LogP contribution in [-0.4, -0.2) is 27.4 Å². The normalized spacial score (nSPS) is 20.2. The first-order chi connectivity index (χ1) is 14.4. The summed E-state index contributed by atoms with van der Waals surface area (Å²) >= 11 is 0. The summed E-state index contributed by atoms with van der Waals surface area (Å²) in [6.07, 6.45) is -2.16. The molecular weight excluding hydrogens is 407 g/mol. The van der Waals surface area contributed by atoms with Crippen LogP contribution in [0.5, 0.6) is 0 Å². The Hall–Kier alpha value is -2.71. The van der Waals surface area contributed by atoms with Gasteiger partial charge in [-0.05, 0) is 36.8 Å². The smallest absolute Gasteiger partial charge is 0.349 e. The van der Waals surface area contributed by atoms with Gasteiger partial charge >= 0.3 is 6.18 Å². The zero-order valence-electron chi connectivity index (χ0n) is 18.0. The van der Waals surface area contributed by atoms with Crippen LogP contribution in [0.4, 0.5) is 24.8 Å². The number of aryl methyl sites for hydroxylation is 1. The number of hydrogen-bond acceptors (Lipinski definition) is 5. The van der Waals surface area contributed by atoms with Crippen molar-refractivity contribution in [2.45, 2.75) is 59.2 Å². The molecule has 1 fully saturated rings. The first-order valence-corrected chi connectivity index (χ1v) is 10.4. The van der Waals surface area contributed by atoms with Gasteiger partial charge in [0.1, 0.15) is 0 Å². The SMILES string of the molecule is Cc1nc2c(nc1NC(=O)CC(C)(C)C)[C@@H]1C[C@@H]1CN2Cc1ccc(C(F)(F)F)cn1. The van der Waals surface area contributed by atoms with E-state index in [0.29, 0.717) is 42.0 Å². The quantitative estimate of drug-likeness (QED) is 0.757. The monoisotopic (exact) mass is 433 g/mol. The van der Waals surface area contributed by atoms with E-state index in [9.17, 15) is 18.0 Å². The van der Waals surface area contributed by atoms with Crippen molar-refractivity contribution in [3.05, 3.63) is 41.0 Å². The Morgan fingerprint density at radius 3 is 2.58 bits per heavy atom. The first kappa shape index (κ1) is 21.5. The molecule has 9 heteroatoms. The number of carbonyl (C=O) groups is 1. The molecule has 1 amide bonds. The lowest BCUT2D eigenvalue weighted by Gasteiger charge is -2.29. The van der Waals surface area contributed by atoms with E-state index in [4.69, 9.17) is 9.97 Å². The van der Waals surface area contributed by atoms with Gasteiger partial charge in [-0.2, -0.15) is 13.2 Å². The molecule has 1 aliphatic carbocycles. The van der Waals surface area contributed by atoms with Gasteiger partial charge in [0.05, 0.1) is 29.2 Å². The number of carbonyl (C=O) groups excluding carboxylic acids is 1. The fourth-order valence-corrected chi connectivity index (χ4v) is 3.95. The van der Waals surface area contributed by atoms with Crippen LogP contribution in [0.15, 0.2) is 18.3 Å². The predicted molar refractivity (Wildman–Crippen MR) is 111 cm³/mol. The summed E-state index contributed by atoms with van der Waals surface area (Å²) in [5.41, 5.74) is 1.11. The third-order valence-corrected chi connectivity index (χ3v) is 5.56. The van der Waals surface area contributed by atoms with Crippen molar-refractivity contribution in [2.75, 3.05) is 16.8 Å². The van der Waals surface area contributed by atoms with Crippen LogP contribution in [0.1, 0.15) is 62.2 Å². The maximum absolute atomic E-state index is 12.8. The second-order valence-corrected chi connectivity index (χ2v) is 9.67. The van der Waals surface area contributed by atoms with E-state index in [2.05, 4.69) is 10.3 Å². The minimum absolute atomic E-state index is 0.0983. The zero-order valence-corrected chi connectivity index (χ0v) is 18.0. The summed E-state index contributed by atoms with van der Waals surface area (Å²) in [5, 5.41) is 2.89. The molecule has 31 heavy (non-hydrogen) atoms. The maximum atomic E-state index is 12.8. The molecule has 166 valence electrons. The van der Waals surface area contributed by atoms with E-state index in [1.54, 1.807) is 6.92 Å². The van der Waals surface area contributed by atoms with E-state index in [-0.39, 0.29) is 11.3 Å². The highest BCUT2D eigenvalue weighted by atomic mass is 19.4. The topological polar surface area (TPSA) is 71.0 Å². The largest absolute Gasteiger partial charge is 0.417 e. The number of amides is 1. The summed E-state index contributed by atoms with van der Waals surface area (Å²) in [4.78, 5) is 27.8. The number of anilines is 2. The minimum Gasteiger partial charge on any atom is -0.349 e. The molecule has 1 saturated carbocycles. The zero-order chi connectivity index (χ0) is 22.6. The van der Waals surface area contributed by atoms with Crippen molar-refractivity contribution in [3.63, 3.8) is 0 Å². The predicted octanol–water partition coefficient (Wildman–Crippen LogP) is 4.70. The Kier molecular flexibility index (Phi) is 5.18.